The van der Waals surface area contributed by atoms with E-state index in [1.54, 1.807) is 18.2 Å². The van der Waals surface area contributed by atoms with Crippen LogP contribution in [0.4, 0.5) is 10.1 Å². The van der Waals surface area contributed by atoms with Gasteiger partial charge >= 0.3 is 0 Å². The first-order chi connectivity index (χ1) is 15.5. The molecule has 2 fully saturated rings. The average molecular weight is 458 g/mol. The van der Waals surface area contributed by atoms with E-state index in [2.05, 4.69) is 10.6 Å². The number of nitrogens with zero attached hydrogens (tertiary/aromatic N) is 1. The number of likely N-dealkylation sites (tertiary alicyclic amines) is 1. The molecule has 1 saturated heterocycles. The molecule has 1 heterocycles. The Kier molecular flexibility index (Phi) is 7.43. The van der Waals surface area contributed by atoms with Gasteiger partial charge in [0.05, 0.1) is 6.04 Å². The SMILES string of the molecule is O=C(Nc1cccc(F)c1)C1CCCN1[C@@H](C(=O)NC1CCCCC1)c1ccccc1Cl. The van der Waals surface area contributed by atoms with Crippen molar-refractivity contribution in [1.29, 1.82) is 0 Å². The summed E-state index contributed by atoms with van der Waals surface area (Å²) in [5, 5.41) is 6.54. The quantitative estimate of drug-likeness (QED) is 0.636. The van der Waals surface area contributed by atoms with Crippen LogP contribution in [0, 0.1) is 5.82 Å². The zero-order chi connectivity index (χ0) is 22.5. The predicted molar refractivity (Wildman–Crippen MR) is 124 cm³/mol. The van der Waals surface area contributed by atoms with Crippen LogP contribution < -0.4 is 10.6 Å². The minimum Gasteiger partial charge on any atom is -0.352 e. The van der Waals surface area contributed by atoms with Crippen LogP contribution in [0.25, 0.3) is 0 Å². The summed E-state index contributed by atoms with van der Waals surface area (Å²) < 4.78 is 13.6. The molecule has 0 aromatic heterocycles. The summed E-state index contributed by atoms with van der Waals surface area (Å²) >= 11 is 6.51. The minimum absolute atomic E-state index is 0.115. The average Bonchev–Trinajstić information content (AvgIpc) is 3.25. The standard InChI is InChI=1S/C25H29ClFN3O2/c26-21-13-5-4-12-20(21)23(25(32)28-18-9-2-1-3-10-18)30-15-7-14-22(30)24(31)29-19-11-6-8-17(27)16-19/h4-6,8,11-13,16,18,22-23H,1-3,7,9-10,14-15H2,(H,28,32)(H,29,31)/t22?,23-/m1/s1. The van der Waals surface area contributed by atoms with Gasteiger partial charge in [0, 0.05) is 23.3 Å². The van der Waals surface area contributed by atoms with Crippen LogP contribution in [-0.4, -0.2) is 35.3 Å². The number of carbonyl (C=O) groups excluding carboxylic acids is 2. The first kappa shape index (κ1) is 22.7. The molecule has 2 aliphatic rings. The third kappa shape index (κ3) is 5.30. The van der Waals surface area contributed by atoms with Gasteiger partial charge in [-0.25, -0.2) is 4.39 Å². The second-order valence-electron chi connectivity index (χ2n) is 8.66. The summed E-state index contributed by atoms with van der Waals surface area (Å²) in [5.74, 6) is -0.766. The highest BCUT2D eigenvalue weighted by Gasteiger charge is 2.40. The van der Waals surface area contributed by atoms with Gasteiger partial charge in [-0.1, -0.05) is 55.1 Å². The van der Waals surface area contributed by atoms with Crippen molar-refractivity contribution in [2.45, 2.75) is 63.1 Å². The lowest BCUT2D eigenvalue weighted by atomic mass is 9.94. The Morgan fingerprint density at radius 1 is 1.00 bits per heavy atom. The van der Waals surface area contributed by atoms with Crippen LogP contribution in [0.3, 0.4) is 0 Å². The predicted octanol–water partition coefficient (Wildman–Crippen LogP) is 5.07. The van der Waals surface area contributed by atoms with Crippen molar-refractivity contribution in [2.75, 3.05) is 11.9 Å². The molecule has 1 saturated carbocycles. The molecule has 2 amide bonds. The van der Waals surface area contributed by atoms with E-state index in [4.69, 9.17) is 11.6 Å². The Morgan fingerprint density at radius 3 is 2.53 bits per heavy atom. The zero-order valence-corrected chi connectivity index (χ0v) is 18.8. The van der Waals surface area contributed by atoms with Crippen LogP contribution in [0.15, 0.2) is 48.5 Å². The van der Waals surface area contributed by atoms with Gasteiger partial charge in [-0.15, -0.1) is 0 Å². The van der Waals surface area contributed by atoms with Crippen molar-refractivity contribution in [2.24, 2.45) is 0 Å². The van der Waals surface area contributed by atoms with Crippen LogP contribution in [0.1, 0.15) is 56.6 Å². The number of nitrogens with one attached hydrogen (secondary N) is 2. The van der Waals surface area contributed by atoms with E-state index in [0.717, 1.165) is 32.1 Å². The fraction of sp³-hybridized carbons (Fsp3) is 0.440. The van der Waals surface area contributed by atoms with E-state index in [9.17, 15) is 14.0 Å². The van der Waals surface area contributed by atoms with E-state index in [0.29, 0.717) is 29.2 Å². The third-order valence-electron chi connectivity index (χ3n) is 6.42. The third-order valence-corrected chi connectivity index (χ3v) is 6.76. The summed E-state index contributed by atoms with van der Waals surface area (Å²) in [6.45, 7) is 0.606. The molecule has 2 aromatic rings. The van der Waals surface area contributed by atoms with Gasteiger partial charge < -0.3 is 10.6 Å². The molecule has 2 N–H and O–H groups in total. The van der Waals surface area contributed by atoms with Gasteiger partial charge in [-0.3, -0.25) is 14.5 Å². The van der Waals surface area contributed by atoms with Gasteiger partial charge in [-0.05, 0) is 55.5 Å². The lowest BCUT2D eigenvalue weighted by Gasteiger charge is -2.34. The second kappa shape index (κ2) is 10.5. The van der Waals surface area contributed by atoms with E-state index >= 15 is 0 Å². The lowest BCUT2D eigenvalue weighted by Crippen LogP contribution is -2.49. The number of benzene rings is 2. The Labute approximate surface area is 193 Å². The molecular weight excluding hydrogens is 429 g/mol. The summed E-state index contributed by atoms with van der Waals surface area (Å²) in [5.41, 5.74) is 1.11. The Morgan fingerprint density at radius 2 is 1.78 bits per heavy atom. The maximum Gasteiger partial charge on any atom is 0.242 e. The Bertz CT molecular complexity index is 964. The molecule has 1 aliphatic heterocycles. The highest BCUT2D eigenvalue weighted by Crippen LogP contribution is 2.34. The summed E-state index contributed by atoms with van der Waals surface area (Å²) in [6, 6.07) is 12.2. The normalized spacial score (nSPS) is 20.6. The molecule has 5 nitrogen and oxygen atoms in total. The van der Waals surface area contributed by atoms with E-state index in [1.807, 2.05) is 23.1 Å². The largest absolute Gasteiger partial charge is 0.352 e. The Balaban J connectivity index is 1.58. The van der Waals surface area contributed by atoms with Crippen LogP contribution in [-0.2, 0) is 9.59 Å². The van der Waals surface area contributed by atoms with Crippen molar-refractivity contribution in [3.63, 3.8) is 0 Å². The number of rotatable bonds is 6. The van der Waals surface area contributed by atoms with Gasteiger partial charge in [0.2, 0.25) is 11.8 Å². The Hall–Kier alpha value is -2.44. The van der Waals surface area contributed by atoms with Crippen LogP contribution >= 0.6 is 11.6 Å². The second-order valence-corrected chi connectivity index (χ2v) is 9.07. The smallest absolute Gasteiger partial charge is 0.242 e. The van der Waals surface area contributed by atoms with Crippen molar-refractivity contribution in [3.8, 4) is 0 Å². The number of halogens is 2. The highest BCUT2D eigenvalue weighted by atomic mass is 35.5. The van der Waals surface area contributed by atoms with Crippen molar-refractivity contribution in [3.05, 3.63) is 64.9 Å². The summed E-state index contributed by atoms with van der Waals surface area (Å²) in [7, 11) is 0. The topological polar surface area (TPSA) is 61.4 Å². The minimum atomic E-state index is -0.656. The zero-order valence-electron chi connectivity index (χ0n) is 18.0. The fourth-order valence-electron chi connectivity index (χ4n) is 4.87. The monoisotopic (exact) mass is 457 g/mol. The summed E-state index contributed by atoms with van der Waals surface area (Å²) in [6.07, 6.45) is 6.80. The molecule has 2 aromatic carbocycles. The van der Waals surface area contributed by atoms with Crippen molar-refractivity contribution >= 4 is 29.1 Å². The highest BCUT2D eigenvalue weighted by molar-refractivity contribution is 6.31. The fourth-order valence-corrected chi connectivity index (χ4v) is 5.10. The lowest BCUT2D eigenvalue weighted by molar-refractivity contribution is -0.130. The molecule has 2 atom stereocenters. The molecule has 1 unspecified atom stereocenters. The van der Waals surface area contributed by atoms with Crippen molar-refractivity contribution in [1.82, 2.24) is 10.2 Å². The first-order valence-corrected chi connectivity index (χ1v) is 11.8. The van der Waals surface area contributed by atoms with Crippen LogP contribution in [0.2, 0.25) is 5.02 Å². The molecule has 0 radical (unpaired) electrons. The van der Waals surface area contributed by atoms with Crippen molar-refractivity contribution < 1.29 is 14.0 Å². The molecule has 0 spiro atoms. The molecular formula is C25H29ClFN3O2. The number of hydrogen-bond donors (Lipinski definition) is 2. The molecule has 170 valence electrons. The van der Waals surface area contributed by atoms with E-state index in [-0.39, 0.29) is 17.9 Å². The van der Waals surface area contributed by atoms with Crippen LogP contribution in [0.5, 0.6) is 0 Å². The number of hydrogen-bond acceptors (Lipinski definition) is 3. The molecule has 32 heavy (non-hydrogen) atoms. The molecule has 7 heteroatoms. The van der Waals surface area contributed by atoms with E-state index in [1.165, 1.54) is 18.6 Å². The van der Waals surface area contributed by atoms with Gasteiger partial charge in [-0.2, -0.15) is 0 Å². The first-order valence-electron chi connectivity index (χ1n) is 11.4. The maximum atomic E-state index is 13.6. The number of carbonyl (C=O) groups is 2. The number of amides is 2. The summed E-state index contributed by atoms with van der Waals surface area (Å²) in [4.78, 5) is 28.6. The van der Waals surface area contributed by atoms with E-state index < -0.39 is 17.9 Å². The number of anilines is 1. The maximum absolute atomic E-state index is 13.6. The molecule has 1 aliphatic carbocycles. The van der Waals surface area contributed by atoms with Gasteiger partial charge in [0.15, 0.2) is 0 Å². The molecule has 0 bridgehead atoms. The van der Waals surface area contributed by atoms with Gasteiger partial charge in [0.25, 0.3) is 0 Å². The van der Waals surface area contributed by atoms with Gasteiger partial charge in [0.1, 0.15) is 11.9 Å². The molecule has 4 rings (SSSR count).